The Labute approximate surface area is 122 Å². The molecule has 0 saturated heterocycles. The largest absolute Gasteiger partial charge is 0.387 e. The molecule has 1 aromatic carbocycles. The second-order valence-corrected chi connectivity index (χ2v) is 5.74. The minimum Gasteiger partial charge on any atom is -0.387 e. The normalized spacial score (nSPS) is 12.4. The first-order valence-corrected chi connectivity index (χ1v) is 7.56. The van der Waals surface area contributed by atoms with E-state index in [2.05, 4.69) is 4.98 Å². The number of aromatic nitrogens is 1. The summed E-state index contributed by atoms with van der Waals surface area (Å²) in [6.07, 6.45) is 2.04. The van der Waals surface area contributed by atoms with Crippen molar-refractivity contribution in [1.82, 2.24) is 4.98 Å². The number of benzene rings is 1. The predicted octanol–water partition coefficient (Wildman–Crippen LogP) is 4.47. The molecule has 0 saturated carbocycles. The molecule has 19 heavy (non-hydrogen) atoms. The highest BCUT2D eigenvalue weighted by atomic mass is 35.5. The lowest BCUT2D eigenvalue weighted by molar-refractivity contribution is 0.169. The van der Waals surface area contributed by atoms with Gasteiger partial charge < -0.3 is 5.11 Å². The van der Waals surface area contributed by atoms with Gasteiger partial charge in [-0.2, -0.15) is 0 Å². The lowest BCUT2D eigenvalue weighted by Gasteiger charge is -2.07. The number of hydrogen-bond acceptors (Lipinski definition) is 3. The lowest BCUT2D eigenvalue weighted by Crippen LogP contribution is -1.97. The van der Waals surface area contributed by atoms with Gasteiger partial charge in [0.1, 0.15) is 0 Å². The summed E-state index contributed by atoms with van der Waals surface area (Å²) in [6.45, 7) is 1.94. The molecular weight excluding hydrogens is 278 g/mol. The smallest absolute Gasteiger partial charge is 0.0957 e. The van der Waals surface area contributed by atoms with E-state index in [1.54, 1.807) is 11.8 Å². The monoisotopic (exact) mass is 293 g/mol. The van der Waals surface area contributed by atoms with Crippen molar-refractivity contribution < 1.29 is 5.11 Å². The van der Waals surface area contributed by atoms with Crippen LogP contribution in [0.4, 0.5) is 0 Å². The van der Waals surface area contributed by atoms with Crippen LogP contribution in [0.15, 0.2) is 47.5 Å². The summed E-state index contributed by atoms with van der Waals surface area (Å²) in [4.78, 5) is 5.38. The third-order valence-corrected chi connectivity index (χ3v) is 4.11. The van der Waals surface area contributed by atoms with Crippen LogP contribution in [0.5, 0.6) is 0 Å². The molecule has 1 aromatic heterocycles. The standard InChI is InChI=1S/C15H16ClNOS/c1-2-15(18)14-8-7-13(9-17-14)19-10-11-3-5-12(16)6-4-11/h3-9,15,18H,2,10H2,1H3/t15-/m1/s1. The molecule has 1 atom stereocenters. The summed E-state index contributed by atoms with van der Waals surface area (Å²) in [5, 5.41) is 10.4. The van der Waals surface area contributed by atoms with Crippen molar-refractivity contribution >= 4 is 23.4 Å². The third-order valence-electron chi connectivity index (χ3n) is 2.81. The highest BCUT2D eigenvalue weighted by molar-refractivity contribution is 7.98. The molecule has 100 valence electrons. The molecule has 2 rings (SSSR count). The molecule has 0 aliphatic heterocycles. The Bertz CT molecular complexity index is 513. The zero-order chi connectivity index (χ0) is 13.7. The Morgan fingerprint density at radius 3 is 2.53 bits per heavy atom. The van der Waals surface area contributed by atoms with Gasteiger partial charge in [-0.25, -0.2) is 0 Å². The van der Waals surface area contributed by atoms with E-state index in [4.69, 9.17) is 11.6 Å². The molecule has 0 amide bonds. The van der Waals surface area contributed by atoms with Crippen molar-refractivity contribution in [2.45, 2.75) is 30.1 Å². The minimum atomic E-state index is -0.463. The maximum atomic E-state index is 9.67. The van der Waals surface area contributed by atoms with E-state index in [0.29, 0.717) is 6.42 Å². The molecule has 1 heterocycles. The fraction of sp³-hybridized carbons (Fsp3) is 0.267. The number of aliphatic hydroxyl groups is 1. The van der Waals surface area contributed by atoms with E-state index in [-0.39, 0.29) is 0 Å². The van der Waals surface area contributed by atoms with Crippen LogP contribution in [0.25, 0.3) is 0 Å². The van der Waals surface area contributed by atoms with Crippen LogP contribution < -0.4 is 0 Å². The zero-order valence-corrected chi connectivity index (χ0v) is 12.3. The lowest BCUT2D eigenvalue weighted by atomic mass is 10.2. The van der Waals surface area contributed by atoms with Crippen molar-refractivity contribution in [1.29, 1.82) is 0 Å². The van der Waals surface area contributed by atoms with Gasteiger partial charge in [-0.3, -0.25) is 4.98 Å². The van der Waals surface area contributed by atoms with Crippen LogP contribution in [0.3, 0.4) is 0 Å². The molecule has 0 bridgehead atoms. The van der Waals surface area contributed by atoms with Crippen molar-refractivity contribution in [2.24, 2.45) is 0 Å². The summed E-state index contributed by atoms with van der Waals surface area (Å²) in [5.41, 5.74) is 1.96. The molecule has 4 heteroatoms. The molecule has 0 aliphatic rings. The number of nitrogens with zero attached hydrogens (tertiary/aromatic N) is 1. The van der Waals surface area contributed by atoms with Gasteiger partial charge in [0, 0.05) is 21.9 Å². The molecule has 0 fully saturated rings. The van der Waals surface area contributed by atoms with Crippen LogP contribution >= 0.6 is 23.4 Å². The van der Waals surface area contributed by atoms with E-state index in [9.17, 15) is 5.11 Å². The van der Waals surface area contributed by atoms with E-state index < -0.39 is 6.10 Å². The van der Waals surface area contributed by atoms with Crippen molar-refractivity contribution in [3.05, 3.63) is 58.9 Å². The van der Waals surface area contributed by atoms with E-state index in [1.807, 2.05) is 49.5 Å². The predicted molar refractivity (Wildman–Crippen MR) is 80.5 cm³/mol. The van der Waals surface area contributed by atoms with Crippen LogP contribution in [-0.4, -0.2) is 10.1 Å². The number of pyridine rings is 1. The van der Waals surface area contributed by atoms with Gasteiger partial charge in [0.05, 0.1) is 11.8 Å². The highest BCUT2D eigenvalue weighted by Gasteiger charge is 2.06. The number of halogens is 1. The average Bonchev–Trinajstić information content (AvgIpc) is 2.46. The fourth-order valence-electron chi connectivity index (χ4n) is 1.63. The average molecular weight is 294 g/mol. The minimum absolute atomic E-state index is 0.463. The first-order chi connectivity index (χ1) is 9.19. The summed E-state index contributed by atoms with van der Waals surface area (Å²) in [6, 6.07) is 11.7. The third kappa shape index (κ3) is 4.23. The van der Waals surface area contributed by atoms with Gasteiger partial charge in [0.25, 0.3) is 0 Å². The SMILES string of the molecule is CC[C@@H](O)c1ccc(SCc2ccc(Cl)cc2)cn1. The molecular formula is C15H16ClNOS. The molecule has 2 aromatic rings. The quantitative estimate of drug-likeness (QED) is 0.826. The maximum Gasteiger partial charge on any atom is 0.0957 e. The Kier molecular flexibility index (Phi) is 5.25. The molecule has 0 spiro atoms. The van der Waals surface area contributed by atoms with Gasteiger partial charge in [0.15, 0.2) is 0 Å². The summed E-state index contributed by atoms with van der Waals surface area (Å²) < 4.78 is 0. The highest BCUT2D eigenvalue weighted by Crippen LogP contribution is 2.24. The fourth-order valence-corrected chi connectivity index (χ4v) is 2.57. The number of hydrogen-bond donors (Lipinski definition) is 1. The van der Waals surface area contributed by atoms with Gasteiger partial charge in [-0.15, -0.1) is 11.8 Å². The summed E-state index contributed by atoms with van der Waals surface area (Å²) >= 11 is 7.57. The van der Waals surface area contributed by atoms with Crippen LogP contribution in [0.2, 0.25) is 5.02 Å². The maximum absolute atomic E-state index is 9.67. The van der Waals surface area contributed by atoms with Crippen molar-refractivity contribution in [3.8, 4) is 0 Å². The van der Waals surface area contributed by atoms with Gasteiger partial charge >= 0.3 is 0 Å². The van der Waals surface area contributed by atoms with Crippen molar-refractivity contribution in [2.75, 3.05) is 0 Å². The Morgan fingerprint density at radius 1 is 1.21 bits per heavy atom. The number of rotatable bonds is 5. The topological polar surface area (TPSA) is 33.1 Å². The van der Waals surface area contributed by atoms with E-state index in [0.717, 1.165) is 21.4 Å². The van der Waals surface area contributed by atoms with Crippen LogP contribution in [-0.2, 0) is 5.75 Å². The Balaban J connectivity index is 1.94. The second-order valence-electron chi connectivity index (χ2n) is 4.26. The molecule has 0 unspecified atom stereocenters. The van der Waals surface area contributed by atoms with Gasteiger partial charge in [0.2, 0.25) is 0 Å². The van der Waals surface area contributed by atoms with Gasteiger partial charge in [-0.05, 0) is 36.2 Å². The second kappa shape index (κ2) is 6.94. The summed E-state index contributed by atoms with van der Waals surface area (Å²) in [7, 11) is 0. The Morgan fingerprint density at radius 2 is 1.95 bits per heavy atom. The van der Waals surface area contributed by atoms with Crippen molar-refractivity contribution in [3.63, 3.8) is 0 Å². The zero-order valence-electron chi connectivity index (χ0n) is 10.7. The van der Waals surface area contributed by atoms with Crippen LogP contribution in [0, 0.1) is 0 Å². The number of thioether (sulfide) groups is 1. The number of aliphatic hydroxyl groups excluding tert-OH is 1. The van der Waals surface area contributed by atoms with E-state index in [1.165, 1.54) is 5.56 Å². The molecule has 0 aliphatic carbocycles. The molecule has 1 N–H and O–H groups in total. The Hall–Kier alpha value is -1.03. The van der Waals surface area contributed by atoms with Gasteiger partial charge in [-0.1, -0.05) is 30.7 Å². The first kappa shape index (κ1) is 14.4. The molecule has 0 radical (unpaired) electrons. The first-order valence-electron chi connectivity index (χ1n) is 6.20. The van der Waals surface area contributed by atoms with E-state index >= 15 is 0 Å². The summed E-state index contributed by atoms with van der Waals surface area (Å²) in [5.74, 6) is 0.883. The molecule has 2 nitrogen and oxygen atoms in total. The van der Waals surface area contributed by atoms with Crippen LogP contribution in [0.1, 0.15) is 30.7 Å².